The van der Waals surface area contributed by atoms with E-state index in [2.05, 4.69) is 35.6 Å². The first-order chi connectivity index (χ1) is 10.6. The molecule has 1 aromatic heterocycles. The van der Waals surface area contributed by atoms with Gasteiger partial charge in [0.25, 0.3) is 0 Å². The largest absolute Gasteiger partial charge is 0.478 e. The topological polar surface area (TPSA) is 45.5 Å². The quantitative estimate of drug-likeness (QED) is 0.931. The van der Waals surface area contributed by atoms with Gasteiger partial charge in [-0.15, -0.1) is 0 Å². The summed E-state index contributed by atoms with van der Waals surface area (Å²) in [6, 6.07) is 5.86. The summed E-state index contributed by atoms with van der Waals surface area (Å²) in [5.74, 6) is -0.852. The number of piperidine rings is 1. The third kappa shape index (κ3) is 2.75. The average molecular weight is 300 g/mol. The smallest absolute Gasteiger partial charge is 0.337 e. The molecule has 0 radical (unpaired) electrons. The van der Waals surface area contributed by atoms with E-state index in [1.807, 2.05) is 6.07 Å². The number of likely N-dealkylation sites (tertiary alicyclic amines) is 1. The normalized spacial score (nSPS) is 16.5. The Bertz CT molecular complexity index is 682. The Hall–Kier alpha value is -1.81. The SMILES string of the molecule is CC(C)n1cc(CN2CCCCC2)c2cccc(C(=O)O)c21. The number of carboxylic acids is 1. The number of hydrogen-bond acceptors (Lipinski definition) is 2. The van der Waals surface area contributed by atoms with Gasteiger partial charge in [-0.3, -0.25) is 4.90 Å². The molecule has 0 aliphatic carbocycles. The van der Waals surface area contributed by atoms with Crippen molar-refractivity contribution in [2.45, 2.75) is 45.7 Å². The van der Waals surface area contributed by atoms with Gasteiger partial charge in [0.1, 0.15) is 0 Å². The minimum absolute atomic E-state index is 0.248. The maximum Gasteiger partial charge on any atom is 0.337 e. The first-order valence-electron chi connectivity index (χ1n) is 8.16. The highest BCUT2D eigenvalue weighted by Crippen LogP contribution is 2.29. The molecular formula is C18H24N2O2. The number of carboxylic acid groups (broad SMARTS) is 1. The fourth-order valence-corrected chi connectivity index (χ4v) is 3.45. The number of hydrogen-bond donors (Lipinski definition) is 1. The van der Waals surface area contributed by atoms with Crippen molar-refractivity contribution in [3.8, 4) is 0 Å². The summed E-state index contributed by atoms with van der Waals surface area (Å²) in [6.07, 6.45) is 6.01. The summed E-state index contributed by atoms with van der Waals surface area (Å²) in [6.45, 7) is 7.41. The Labute approximate surface area is 131 Å². The van der Waals surface area contributed by atoms with Crippen LogP contribution in [-0.4, -0.2) is 33.6 Å². The van der Waals surface area contributed by atoms with E-state index >= 15 is 0 Å². The van der Waals surface area contributed by atoms with Gasteiger partial charge in [-0.1, -0.05) is 18.6 Å². The van der Waals surface area contributed by atoms with Crippen LogP contribution in [0.5, 0.6) is 0 Å². The first-order valence-corrected chi connectivity index (χ1v) is 8.16. The zero-order chi connectivity index (χ0) is 15.7. The molecule has 1 aliphatic rings. The zero-order valence-electron chi connectivity index (χ0n) is 13.4. The molecule has 2 aromatic rings. The van der Waals surface area contributed by atoms with Crippen LogP contribution in [0.1, 0.15) is 55.1 Å². The molecular weight excluding hydrogens is 276 g/mol. The summed E-state index contributed by atoms with van der Waals surface area (Å²) in [5, 5.41) is 10.6. The van der Waals surface area contributed by atoms with Crippen molar-refractivity contribution in [1.29, 1.82) is 0 Å². The molecule has 0 bridgehead atoms. The predicted octanol–water partition coefficient (Wildman–Crippen LogP) is 3.91. The zero-order valence-corrected chi connectivity index (χ0v) is 13.4. The van der Waals surface area contributed by atoms with E-state index in [0.29, 0.717) is 5.56 Å². The van der Waals surface area contributed by atoms with E-state index in [1.54, 1.807) is 6.07 Å². The van der Waals surface area contributed by atoms with Crippen LogP contribution in [0, 0.1) is 0 Å². The van der Waals surface area contributed by atoms with Crippen LogP contribution in [0.2, 0.25) is 0 Å². The molecule has 0 unspecified atom stereocenters. The number of rotatable bonds is 4. The average Bonchev–Trinajstić information content (AvgIpc) is 2.87. The fraction of sp³-hybridized carbons (Fsp3) is 0.500. The second-order valence-electron chi connectivity index (χ2n) is 6.50. The molecule has 1 N–H and O–H groups in total. The predicted molar refractivity (Wildman–Crippen MR) is 88.4 cm³/mol. The molecule has 1 aromatic carbocycles. The molecule has 0 atom stereocenters. The van der Waals surface area contributed by atoms with E-state index in [-0.39, 0.29) is 6.04 Å². The minimum Gasteiger partial charge on any atom is -0.478 e. The molecule has 1 aliphatic heterocycles. The number of para-hydroxylation sites is 1. The van der Waals surface area contributed by atoms with Gasteiger partial charge in [-0.2, -0.15) is 0 Å². The summed E-state index contributed by atoms with van der Waals surface area (Å²) in [7, 11) is 0. The molecule has 3 rings (SSSR count). The molecule has 1 fully saturated rings. The maximum atomic E-state index is 11.6. The van der Waals surface area contributed by atoms with Crippen LogP contribution in [0.25, 0.3) is 10.9 Å². The van der Waals surface area contributed by atoms with Crippen LogP contribution in [-0.2, 0) is 6.54 Å². The molecule has 0 amide bonds. The number of nitrogens with zero attached hydrogens (tertiary/aromatic N) is 2. The van der Waals surface area contributed by atoms with Gasteiger partial charge in [0, 0.05) is 24.2 Å². The van der Waals surface area contributed by atoms with Crippen LogP contribution < -0.4 is 0 Å². The van der Waals surface area contributed by atoms with Crippen LogP contribution in [0.3, 0.4) is 0 Å². The van der Waals surface area contributed by atoms with E-state index in [1.165, 1.54) is 24.8 Å². The lowest BCUT2D eigenvalue weighted by molar-refractivity contribution is 0.0698. The fourth-order valence-electron chi connectivity index (χ4n) is 3.45. The van der Waals surface area contributed by atoms with E-state index in [9.17, 15) is 9.90 Å². The Morgan fingerprint density at radius 3 is 2.59 bits per heavy atom. The minimum atomic E-state index is -0.852. The van der Waals surface area contributed by atoms with Crippen molar-refractivity contribution in [1.82, 2.24) is 9.47 Å². The molecule has 2 heterocycles. The van der Waals surface area contributed by atoms with Crippen molar-refractivity contribution >= 4 is 16.9 Å². The highest BCUT2D eigenvalue weighted by molar-refractivity contribution is 6.03. The van der Waals surface area contributed by atoms with Crippen molar-refractivity contribution in [2.24, 2.45) is 0 Å². The van der Waals surface area contributed by atoms with E-state index in [4.69, 9.17) is 0 Å². The van der Waals surface area contributed by atoms with Gasteiger partial charge in [-0.25, -0.2) is 4.79 Å². The maximum absolute atomic E-state index is 11.6. The van der Waals surface area contributed by atoms with Crippen molar-refractivity contribution in [3.05, 3.63) is 35.5 Å². The lowest BCUT2D eigenvalue weighted by atomic mass is 10.1. The summed E-state index contributed by atoms with van der Waals surface area (Å²) in [5.41, 5.74) is 2.50. The monoisotopic (exact) mass is 300 g/mol. The third-order valence-electron chi connectivity index (χ3n) is 4.56. The van der Waals surface area contributed by atoms with Crippen molar-refractivity contribution in [3.63, 3.8) is 0 Å². The van der Waals surface area contributed by atoms with Gasteiger partial charge in [-0.05, 0) is 51.4 Å². The lowest BCUT2D eigenvalue weighted by Gasteiger charge is -2.26. The Morgan fingerprint density at radius 2 is 1.95 bits per heavy atom. The Morgan fingerprint density at radius 1 is 1.23 bits per heavy atom. The number of benzene rings is 1. The van der Waals surface area contributed by atoms with Gasteiger partial charge in [0.2, 0.25) is 0 Å². The van der Waals surface area contributed by atoms with E-state index in [0.717, 1.165) is 30.5 Å². The Balaban J connectivity index is 2.07. The van der Waals surface area contributed by atoms with Gasteiger partial charge in [0.05, 0.1) is 11.1 Å². The second kappa shape index (κ2) is 6.13. The standard InChI is InChI=1S/C18H24N2O2/c1-13(2)20-12-14(11-19-9-4-3-5-10-19)15-7-6-8-16(17(15)20)18(21)22/h6-8,12-13H,3-5,9-11H2,1-2H3,(H,21,22). The molecule has 4 heteroatoms. The second-order valence-corrected chi connectivity index (χ2v) is 6.50. The van der Waals surface area contributed by atoms with Gasteiger partial charge >= 0.3 is 5.97 Å². The van der Waals surface area contributed by atoms with Crippen molar-refractivity contribution in [2.75, 3.05) is 13.1 Å². The van der Waals surface area contributed by atoms with E-state index < -0.39 is 5.97 Å². The van der Waals surface area contributed by atoms with Crippen molar-refractivity contribution < 1.29 is 9.90 Å². The highest BCUT2D eigenvalue weighted by Gasteiger charge is 2.19. The summed E-state index contributed by atoms with van der Waals surface area (Å²) < 4.78 is 2.11. The molecule has 0 saturated carbocycles. The number of fused-ring (bicyclic) bond motifs is 1. The first kappa shape index (κ1) is 15.1. The molecule has 1 saturated heterocycles. The molecule has 4 nitrogen and oxygen atoms in total. The van der Waals surface area contributed by atoms with Crippen LogP contribution in [0.15, 0.2) is 24.4 Å². The van der Waals surface area contributed by atoms with Crippen LogP contribution >= 0.6 is 0 Å². The Kier molecular flexibility index (Phi) is 4.21. The molecule has 0 spiro atoms. The number of carbonyl (C=O) groups is 1. The number of aromatic nitrogens is 1. The highest BCUT2D eigenvalue weighted by atomic mass is 16.4. The third-order valence-corrected chi connectivity index (χ3v) is 4.56. The molecule has 118 valence electrons. The summed E-state index contributed by atoms with van der Waals surface area (Å²) >= 11 is 0. The summed E-state index contributed by atoms with van der Waals surface area (Å²) in [4.78, 5) is 14.0. The van der Waals surface area contributed by atoms with Crippen LogP contribution in [0.4, 0.5) is 0 Å². The number of aromatic carboxylic acids is 1. The van der Waals surface area contributed by atoms with Gasteiger partial charge < -0.3 is 9.67 Å². The molecule has 22 heavy (non-hydrogen) atoms. The lowest BCUT2D eigenvalue weighted by Crippen LogP contribution is -2.28. The van der Waals surface area contributed by atoms with Gasteiger partial charge in [0.15, 0.2) is 0 Å².